The van der Waals surface area contributed by atoms with Crippen LogP contribution in [0.2, 0.25) is 0 Å². The molecule has 2 aromatic carbocycles. The van der Waals surface area contributed by atoms with Gasteiger partial charge in [-0.1, -0.05) is 134 Å². The number of carbonyl (C=O) groups is 5. The Labute approximate surface area is 515 Å². The molecule has 1 aromatic heterocycles. The summed E-state index contributed by atoms with van der Waals surface area (Å²) in [5, 5.41) is 17.1. The molecule has 0 radical (unpaired) electrons. The van der Waals surface area contributed by atoms with Crippen molar-refractivity contribution in [2.75, 3.05) is 53.7 Å². The number of nitrogens with zero attached hydrogens (tertiary/aromatic N) is 3. The molecule has 2 saturated carbocycles. The fraction of sp³-hybridized carbons (Fsp3) is 0.629. The van der Waals surface area contributed by atoms with Crippen molar-refractivity contribution in [2.24, 2.45) is 29.1 Å². The zero-order valence-corrected chi connectivity index (χ0v) is 56.8. The van der Waals surface area contributed by atoms with Crippen LogP contribution < -0.4 is 10.6 Å². The number of hydrogen-bond donors (Lipinski definition) is 3. The number of phenolic OH excluding ortho intramolecular Hbond substituents is 1. The number of unbranched alkanes of at least 4 members (excludes halogenated alkanes) is 2. The second-order valence-corrected chi connectivity index (χ2v) is 22.7. The van der Waals surface area contributed by atoms with Crippen LogP contribution in [0.5, 0.6) is 5.75 Å². The van der Waals surface area contributed by atoms with Crippen molar-refractivity contribution in [3.63, 3.8) is 0 Å². The fourth-order valence-electron chi connectivity index (χ4n) is 9.40. The molecule has 5 rings (SSSR count). The second kappa shape index (κ2) is 46.8. The van der Waals surface area contributed by atoms with Gasteiger partial charge in [0, 0.05) is 56.5 Å². The smallest absolute Gasteiger partial charge is 0.330 e. The SMILES string of the molecule is C#CCCCCNC.CC.CC.CC.CCC.CCC(C)/C(=C(/CC(C)(C)COC=O)c1cc(-c2cc(O)cc(CC(NC(=O)C(C)C3CCCC3)C(C)=O)c2)ccc1C)c1cccnc1C(C)OC.CSN(CC1CC1)C(=O)N(C)CC=O. The minimum absolute atomic E-state index is 0.0727. The fourth-order valence-corrected chi connectivity index (χ4v) is 10.1. The van der Waals surface area contributed by atoms with Crippen molar-refractivity contribution < 1.29 is 38.6 Å². The van der Waals surface area contributed by atoms with E-state index in [1.807, 2.05) is 80.8 Å². The maximum Gasteiger partial charge on any atom is 0.330 e. The van der Waals surface area contributed by atoms with Gasteiger partial charge in [0.05, 0.1) is 31.0 Å². The zero-order chi connectivity index (χ0) is 64.4. The summed E-state index contributed by atoms with van der Waals surface area (Å²) in [5.74, 6) is 3.51. The lowest BCUT2D eigenvalue weighted by Crippen LogP contribution is -2.44. The topological polar surface area (TPSA) is 167 Å². The Bertz CT molecular complexity index is 2390. The number of aromatic nitrogens is 1. The summed E-state index contributed by atoms with van der Waals surface area (Å²) in [6.45, 7) is 35.3. The Balaban J connectivity index is 0. The standard InChI is InChI=1S/C45H60N2O6.C9H16N2O2S.C7H13N.C3H8.3C2H6/c1-10-28(2)42(38-16-13-19-46-43(38)32(6)52-9)40(25-45(7,8)26-53-27-48)39-24-35(18-17-29(39)3)36-20-33(21-37(50)23-36)22-41(31(5)49)47-44(51)30(4)34-14-11-12-15-34;1-10(5-6-12)9(13)11(14-2)7-8-3-4-8;1-3-4-5-6-7-8-2;1-3-2;3*1-2/h13,16-21,23-24,27-28,30,32,34,41,50H,10-12,14-15,22,25-26H2,1-9H3,(H,47,51);6,8H,3-5,7H2,1-2H3;1,8H,4-7H2,2H3;3H2,1-2H3;3*1-2H3/b42-40+;;;;;;. The monoisotopic (exact) mass is 1190 g/mol. The molecular weight excluding hydrogens is 1070 g/mol. The lowest BCUT2D eigenvalue weighted by Gasteiger charge is -2.31. The molecule has 474 valence electrons. The lowest BCUT2D eigenvalue weighted by atomic mass is 9.76. The quantitative estimate of drug-likeness (QED) is 0.0288. The molecule has 3 aromatic rings. The Morgan fingerprint density at radius 3 is 2.08 bits per heavy atom. The molecule has 4 unspecified atom stereocenters. The van der Waals surface area contributed by atoms with Crippen molar-refractivity contribution in [2.45, 2.75) is 206 Å². The highest BCUT2D eigenvalue weighted by Crippen LogP contribution is 2.44. The van der Waals surface area contributed by atoms with Crippen molar-refractivity contribution in [1.29, 1.82) is 0 Å². The van der Waals surface area contributed by atoms with E-state index in [0.29, 0.717) is 24.7 Å². The van der Waals surface area contributed by atoms with Crippen LogP contribution in [0.15, 0.2) is 54.7 Å². The van der Waals surface area contributed by atoms with Gasteiger partial charge in [0.15, 0.2) is 5.78 Å². The van der Waals surface area contributed by atoms with Crippen LogP contribution >= 0.6 is 11.9 Å². The summed E-state index contributed by atoms with van der Waals surface area (Å²) in [6.07, 6.45) is 22.4. The van der Waals surface area contributed by atoms with Crippen LogP contribution in [0.1, 0.15) is 215 Å². The predicted octanol–water partition coefficient (Wildman–Crippen LogP) is 16.2. The Kier molecular flexibility index (Phi) is 44.8. The molecule has 4 atom stereocenters. The number of rotatable bonds is 27. The molecule has 3 amide bonds. The number of aryl methyl sites for hydroxylation is 1. The number of nitrogens with one attached hydrogen (secondary N) is 2. The summed E-state index contributed by atoms with van der Waals surface area (Å²) in [6, 6.07) is 15.0. The average Bonchev–Trinajstić information content (AvgIpc) is 2.70. The number of likely N-dealkylation sites (N-methyl/N-ethyl adjacent to an activating group) is 1. The molecule has 13 nitrogen and oxygen atoms in total. The lowest BCUT2D eigenvalue weighted by molar-refractivity contribution is -0.131. The van der Waals surface area contributed by atoms with Gasteiger partial charge in [0.1, 0.15) is 12.0 Å². The van der Waals surface area contributed by atoms with Crippen LogP contribution in [0.25, 0.3) is 22.3 Å². The number of ketones is 1. The number of urea groups is 1. The van der Waals surface area contributed by atoms with Gasteiger partial charge in [-0.25, -0.2) is 4.79 Å². The highest BCUT2D eigenvalue weighted by molar-refractivity contribution is 7.96. The molecule has 2 aliphatic rings. The van der Waals surface area contributed by atoms with Crippen LogP contribution in [0.3, 0.4) is 0 Å². The number of hydrogen-bond acceptors (Lipinski definition) is 11. The second-order valence-electron chi connectivity index (χ2n) is 21.9. The molecule has 0 saturated heterocycles. The minimum atomic E-state index is -0.693. The Morgan fingerprint density at radius 2 is 1.56 bits per heavy atom. The summed E-state index contributed by atoms with van der Waals surface area (Å²) in [4.78, 5) is 65.5. The van der Waals surface area contributed by atoms with Crippen molar-refractivity contribution in [3.8, 4) is 29.2 Å². The number of allylic oxidation sites excluding steroid dienone is 2. The first-order valence-corrected chi connectivity index (χ1v) is 32.5. The molecule has 0 aliphatic heterocycles. The molecule has 0 bridgehead atoms. The van der Waals surface area contributed by atoms with Gasteiger partial charge in [-0.05, 0) is 185 Å². The number of methoxy groups -OCH3 is 1. The predicted molar refractivity (Wildman–Crippen MR) is 356 cm³/mol. The Hall–Kier alpha value is -5.49. The highest BCUT2D eigenvalue weighted by Gasteiger charge is 2.32. The maximum absolute atomic E-state index is 13.2. The summed E-state index contributed by atoms with van der Waals surface area (Å²) in [5.41, 5.74) is 8.39. The molecule has 84 heavy (non-hydrogen) atoms. The largest absolute Gasteiger partial charge is 0.508 e. The number of aromatic hydroxyl groups is 1. The van der Waals surface area contributed by atoms with Gasteiger partial charge in [0.2, 0.25) is 5.91 Å². The first-order valence-electron chi connectivity index (χ1n) is 31.3. The van der Waals surface area contributed by atoms with E-state index >= 15 is 0 Å². The number of ether oxygens (including phenoxy) is 2. The maximum atomic E-state index is 13.2. The molecule has 3 N–H and O–H groups in total. The van der Waals surface area contributed by atoms with Gasteiger partial charge in [-0.15, -0.1) is 12.3 Å². The number of benzene rings is 2. The molecule has 14 heteroatoms. The third-order valence-corrected chi connectivity index (χ3v) is 15.1. The number of aldehydes is 1. The van der Waals surface area contributed by atoms with Crippen LogP contribution in [-0.2, 0) is 35.1 Å². The van der Waals surface area contributed by atoms with Crippen molar-refractivity contribution in [1.82, 2.24) is 24.8 Å². The van der Waals surface area contributed by atoms with E-state index in [9.17, 15) is 29.1 Å². The van der Waals surface area contributed by atoms with Gasteiger partial charge in [-0.2, -0.15) is 0 Å². The summed E-state index contributed by atoms with van der Waals surface area (Å²) < 4.78 is 12.8. The van der Waals surface area contributed by atoms with E-state index in [1.54, 1.807) is 36.8 Å². The number of pyridine rings is 1. The van der Waals surface area contributed by atoms with Gasteiger partial charge in [0.25, 0.3) is 6.47 Å². The third-order valence-electron chi connectivity index (χ3n) is 14.4. The molecule has 2 aliphatic carbocycles. The minimum Gasteiger partial charge on any atom is -0.508 e. The number of amides is 3. The number of carbonyl (C=O) groups excluding carboxylic acids is 5. The van der Waals surface area contributed by atoms with Gasteiger partial charge >= 0.3 is 6.03 Å². The zero-order valence-electron chi connectivity index (χ0n) is 56.0. The first-order chi connectivity index (χ1) is 40.2. The van der Waals surface area contributed by atoms with E-state index in [4.69, 9.17) is 20.9 Å². The Morgan fingerprint density at radius 1 is 0.929 bits per heavy atom. The van der Waals surface area contributed by atoms with E-state index in [1.165, 1.54) is 55.0 Å². The third kappa shape index (κ3) is 30.0. The summed E-state index contributed by atoms with van der Waals surface area (Å²) >= 11 is 1.43. The van der Waals surface area contributed by atoms with E-state index in [-0.39, 0.29) is 61.0 Å². The van der Waals surface area contributed by atoms with E-state index in [0.717, 1.165) is 109 Å². The van der Waals surface area contributed by atoms with Crippen LogP contribution in [0.4, 0.5) is 4.79 Å². The molecule has 0 spiro atoms. The molecular formula is C70H115N5O8S. The number of phenols is 1. The van der Waals surface area contributed by atoms with Crippen LogP contribution in [-0.4, -0.2) is 110 Å². The summed E-state index contributed by atoms with van der Waals surface area (Å²) in [7, 11) is 5.29. The van der Waals surface area contributed by atoms with Crippen molar-refractivity contribution in [3.05, 3.63) is 82.7 Å². The molecule has 1 heterocycles. The van der Waals surface area contributed by atoms with Crippen molar-refractivity contribution >= 4 is 53.6 Å². The number of terminal acetylenes is 1. The van der Waals surface area contributed by atoms with E-state index in [2.05, 4.69) is 89.3 Å². The molecule has 2 fully saturated rings. The number of Topliss-reactive ketones (excluding diaryl/α,β-unsaturated/α-hetero) is 1. The highest BCUT2D eigenvalue weighted by atomic mass is 32.2. The van der Waals surface area contributed by atoms with Gasteiger partial charge < -0.3 is 34.9 Å². The normalized spacial score (nSPS) is 14.0. The van der Waals surface area contributed by atoms with E-state index < -0.39 is 11.5 Å². The average molecular weight is 1190 g/mol. The van der Waals surface area contributed by atoms with Gasteiger partial charge in [-0.3, -0.25) is 23.7 Å². The first kappa shape index (κ1) is 80.6. The van der Waals surface area contributed by atoms with Crippen LogP contribution in [0, 0.1) is 48.4 Å².